The van der Waals surface area contributed by atoms with Gasteiger partial charge in [-0.2, -0.15) is 0 Å². The number of ether oxygens (including phenoxy) is 3. The highest BCUT2D eigenvalue weighted by atomic mass is 35.5. The van der Waals surface area contributed by atoms with Crippen LogP contribution in [-0.2, 0) is 4.79 Å². The smallest absolute Gasteiger partial charge is 0.266 e. The van der Waals surface area contributed by atoms with Crippen molar-refractivity contribution >= 4 is 46.2 Å². The Labute approximate surface area is 203 Å². The van der Waals surface area contributed by atoms with E-state index in [1.165, 1.54) is 18.9 Å². The van der Waals surface area contributed by atoms with Crippen LogP contribution in [0.4, 0.5) is 5.69 Å². The van der Waals surface area contributed by atoms with Crippen LogP contribution in [0.5, 0.6) is 17.2 Å². The van der Waals surface area contributed by atoms with Gasteiger partial charge in [-0.3, -0.25) is 9.69 Å². The van der Waals surface area contributed by atoms with E-state index in [1.807, 2.05) is 38.1 Å². The van der Waals surface area contributed by atoms with Crippen LogP contribution in [0.2, 0.25) is 5.02 Å². The van der Waals surface area contributed by atoms with Gasteiger partial charge in [0, 0.05) is 6.54 Å². The molecule has 1 aliphatic heterocycles. The van der Waals surface area contributed by atoms with Gasteiger partial charge in [0.2, 0.25) is 0 Å². The molecule has 1 saturated heterocycles. The number of carbonyl (C=O) groups is 1. The Balaban J connectivity index is 1.91. The fourth-order valence-corrected chi connectivity index (χ4v) is 4.43. The van der Waals surface area contributed by atoms with Crippen molar-refractivity contribution in [3.63, 3.8) is 0 Å². The second-order valence-electron chi connectivity index (χ2n) is 6.92. The normalized spacial score (nSPS) is 15.7. The molecule has 1 amide bonds. The highest BCUT2D eigenvalue weighted by Crippen LogP contribution is 2.39. The predicted octanol–water partition coefficient (Wildman–Crippen LogP) is 5.77. The number of thioether (sulfide) groups is 1. The summed E-state index contributed by atoms with van der Waals surface area (Å²) in [5, 5.41) is 0.977. The molecule has 0 spiro atoms. The lowest BCUT2D eigenvalue weighted by molar-refractivity contribution is -0.122. The van der Waals surface area contributed by atoms with Crippen LogP contribution >= 0.6 is 23.4 Å². The Morgan fingerprint density at radius 3 is 2.61 bits per heavy atom. The van der Waals surface area contributed by atoms with Gasteiger partial charge in [0.15, 0.2) is 16.7 Å². The van der Waals surface area contributed by atoms with Crippen molar-refractivity contribution in [2.24, 2.45) is 4.99 Å². The number of hydrogen-bond donors (Lipinski definition) is 0. The Hall–Kier alpha value is -3.08. The van der Waals surface area contributed by atoms with E-state index in [4.69, 9.17) is 37.2 Å². The first-order valence-corrected chi connectivity index (χ1v) is 11.7. The Kier molecular flexibility index (Phi) is 8.70. The molecule has 0 bridgehead atoms. The first-order chi connectivity index (χ1) is 16.0. The molecule has 33 heavy (non-hydrogen) atoms. The maximum Gasteiger partial charge on any atom is 0.266 e. The maximum absolute atomic E-state index is 13.1. The average molecular weight is 485 g/mol. The second kappa shape index (κ2) is 11.7. The van der Waals surface area contributed by atoms with Crippen LogP contribution in [0.25, 0.3) is 6.08 Å². The summed E-state index contributed by atoms with van der Waals surface area (Å²) in [5.41, 5.74) is 1.45. The predicted molar refractivity (Wildman–Crippen MR) is 135 cm³/mol. The number of terminal acetylenes is 1. The lowest BCUT2D eigenvalue weighted by atomic mass is 10.1. The molecule has 2 aromatic carbocycles. The summed E-state index contributed by atoms with van der Waals surface area (Å²) in [5.74, 6) is 3.89. The van der Waals surface area contributed by atoms with Crippen molar-refractivity contribution < 1.29 is 19.0 Å². The molecule has 3 rings (SSSR count). The lowest BCUT2D eigenvalue weighted by Crippen LogP contribution is -2.29. The van der Waals surface area contributed by atoms with Gasteiger partial charge in [-0.25, -0.2) is 4.99 Å². The summed E-state index contributed by atoms with van der Waals surface area (Å²) < 4.78 is 16.4. The molecule has 6 nitrogen and oxygen atoms in total. The van der Waals surface area contributed by atoms with E-state index in [0.717, 1.165) is 17.9 Å². The third-order valence-electron chi connectivity index (χ3n) is 4.56. The van der Waals surface area contributed by atoms with Crippen LogP contribution < -0.4 is 14.2 Å². The number of methoxy groups -OCH3 is 1. The number of halogens is 1. The summed E-state index contributed by atoms with van der Waals surface area (Å²) in [6.07, 6.45) is 7.85. The number of amides is 1. The molecule has 172 valence electrons. The second-order valence-corrected chi connectivity index (χ2v) is 8.33. The fourth-order valence-electron chi connectivity index (χ4n) is 3.13. The van der Waals surface area contributed by atoms with Gasteiger partial charge in [0.25, 0.3) is 5.91 Å². The number of hydrogen-bond acceptors (Lipinski definition) is 6. The van der Waals surface area contributed by atoms with Gasteiger partial charge in [-0.15, -0.1) is 6.42 Å². The highest BCUT2D eigenvalue weighted by molar-refractivity contribution is 8.18. The fraction of sp³-hybridized carbons (Fsp3) is 0.280. The van der Waals surface area contributed by atoms with E-state index < -0.39 is 0 Å². The van der Waals surface area contributed by atoms with Crippen molar-refractivity contribution in [3.8, 4) is 29.6 Å². The Morgan fingerprint density at radius 1 is 1.21 bits per heavy atom. The van der Waals surface area contributed by atoms with Crippen molar-refractivity contribution in [3.05, 3.63) is 51.9 Å². The number of aliphatic imine (C=N–C) groups is 1. The highest BCUT2D eigenvalue weighted by Gasteiger charge is 2.33. The van der Waals surface area contributed by atoms with Gasteiger partial charge in [-0.1, -0.05) is 24.4 Å². The molecule has 1 aliphatic rings. The summed E-state index contributed by atoms with van der Waals surface area (Å²) in [6, 6.07) is 10.9. The minimum Gasteiger partial charge on any atom is -0.494 e. The van der Waals surface area contributed by atoms with Gasteiger partial charge in [0.05, 0.1) is 29.3 Å². The van der Waals surface area contributed by atoms with Crippen molar-refractivity contribution in [1.29, 1.82) is 0 Å². The molecule has 2 aromatic rings. The summed E-state index contributed by atoms with van der Waals surface area (Å²) in [4.78, 5) is 20.0. The summed E-state index contributed by atoms with van der Waals surface area (Å²) in [6.45, 7) is 5.20. The van der Waals surface area contributed by atoms with Crippen LogP contribution in [-0.4, -0.2) is 42.8 Å². The largest absolute Gasteiger partial charge is 0.494 e. The van der Waals surface area contributed by atoms with Crippen LogP contribution in [0.15, 0.2) is 46.3 Å². The number of amidine groups is 1. The molecule has 0 unspecified atom stereocenters. The third-order valence-corrected chi connectivity index (χ3v) is 5.84. The number of rotatable bonds is 9. The molecule has 0 aromatic heterocycles. The maximum atomic E-state index is 13.1. The quantitative estimate of drug-likeness (QED) is 0.334. The van der Waals surface area contributed by atoms with E-state index in [1.54, 1.807) is 23.1 Å². The van der Waals surface area contributed by atoms with E-state index >= 15 is 0 Å². The van der Waals surface area contributed by atoms with Crippen LogP contribution in [0.1, 0.15) is 25.8 Å². The zero-order chi connectivity index (χ0) is 23.8. The topological polar surface area (TPSA) is 60.4 Å². The number of benzene rings is 2. The van der Waals surface area contributed by atoms with Crippen LogP contribution in [0, 0.1) is 12.3 Å². The summed E-state index contributed by atoms with van der Waals surface area (Å²) >= 11 is 7.70. The standard InChI is InChI=1S/C25H25ClN2O4S/c1-5-12-28-24(29)22(33-25(28)27-18-8-10-19(11-9-18)31-7-3)16-17-14-20(26)23(32-13-6-2)21(15-17)30-4/h2,8-11,14-16H,5,7,12-13H2,1,3-4H3/b22-16-,27-25?. The first kappa shape index (κ1) is 24.6. The Morgan fingerprint density at radius 2 is 1.97 bits per heavy atom. The zero-order valence-corrected chi connectivity index (χ0v) is 20.3. The monoisotopic (exact) mass is 484 g/mol. The van der Waals surface area contributed by atoms with Gasteiger partial charge in [0.1, 0.15) is 12.4 Å². The SMILES string of the molecule is C#CCOc1c(Cl)cc(/C=C2\SC(=Nc3ccc(OCC)cc3)N(CCC)C2=O)cc1OC. The molecule has 1 fully saturated rings. The molecule has 0 atom stereocenters. The Bertz CT molecular complexity index is 1110. The summed E-state index contributed by atoms with van der Waals surface area (Å²) in [7, 11) is 1.52. The lowest BCUT2D eigenvalue weighted by Gasteiger charge is -2.14. The van der Waals surface area contributed by atoms with Gasteiger partial charge in [-0.05, 0) is 73.1 Å². The van der Waals surface area contributed by atoms with Crippen molar-refractivity contribution in [2.75, 3.05) is 26.9 Å². The third kappa shape index (κ3) is 6.04. The zero-order valence-electron chi connectivity index (χ0n) is 18.8. The van der Waals surface area contributed by atoms with Crippen molar-refractivity contribution in [2.45, 2.75) is 20.3 Å². The first-order valence-electron chi connectivity index (χ1n) is 10.5. The molecule has 0 saturated carbocycles. The van der Waals surface area contributed by atoms with Gasteiger partial charge >= 0.3 is 0 Å². The molecule has 0 N–H and O–H groups in total. The molecule has 0 aliphatic carbocycles. The molecule has 0 radical (unpaired) electrons. The molecule has 8 heteroatoms. The van der Waals surface area contributed by atoms with E-state index in [0.29, 0.717) is 45.3 Å². The van der Waals surface area contributed by atoms with E-state index in [2.05, 4.69) is 5.92 Å². The number of nitrogens with zero attached hydrogens (tertiary/aromatic N) is 2. The molecule has 1 heterocycles. The van der Waals surface area contributed by atoms with Crippen LogP contribution in [0.3, 0.4) is 0 Å². The van der Waals surface area contributed by atoms with Crippen molar-refractivity contribution in [1.82, 2.24) is 4.90 Å². The molecular weight excluding hydrogens is 460 g/mol. The van der Waals surface area contributed by atoms with Gasteiger partial charge < -0.3 is 14.2 Å². The minimum absolute atomic E-state index is 0.0716. The number of carbonyl (C=O) groups excluding carboxylic acids is 1. The van der Waals surface area contributed by atoms with E-state index in [9.17, 15) is 4.79 Å². The molecular formula is C25H25ClN2O4S. The van der Waals surface area contributed by atoms with E-state index in [-0.39, 0.29) is 12.5 Å². The average Bonchev–Trinajstić information content (AvgIpc) is 3.08. The minimum atomic E-state index is -0.103.